The van der Waals surface area contributed by atoms with E-state index < -0.39 is 41.6 Å². The first-order valence-corrected chi connectivity index (χ1v) is 4.70. The van der Waals surface area contributed by atoms with Crippen molar-refractivity contribution in [3.05, 3.63) is 29.1 Å². The van der Waals surface area contributed by atoms with E-state index in [1.54, 1.807) is 13.8 Å². The van der Waals surface area contributed by atoms with Gasteiger partial charge in [0.15, 0.2) is 5.82 Å². The molecule has 0 radical (unpaired) electrons. The number of hydrogen-bond donors (Lipinski definition) is 1. The first kappa shape index (κ1) is 12.9. The van der Waals surface area contributed by atoms with Gasteiger partial charge in [0.05, 0.1) is 12.2 Å². The number of halogens is 4. The molecule has 16 heavy (non-hydrogen) atoms. The van der Waals surface area contributed by atoms with Crippen molar-refractivity contribution in [3.8, 4) is 0 Å². The minimum atomic E-state index is -1.82. The molecule has 0 saturated carbocycles. The molecule has 0 aliphatic rings. The molecule has 0 fully saturated rings. The van der Waals surface area contributed by atoms with Crippen molar-refractivity contribution in [2.45, 2.75) is 19.8 Å². The van der Waals surface area contributed by atoms with Crippen molar-refractivity contribution >= 4 is 0 Å². The molecule has 1 atom stereocenters. The number of nitrogens with zero attached hydrogens (tertiary/aromatic N) is 1. The Morgan fingerprint density at radius 2 is 1.62 bits per heavy atom. The second kappa shape index (κ2) is 4.78. The maximum atomic E-state index is 13.3. The summed E-state index contributed by atoms with van der Waals surface area (Å²) >= 11 is 0. The van der Waals surface area contributed by atoms with Crippen molar-refractivity contribution in [1.82, 2.24) is 4.98 Å². The second-order valence-electron chi connectivity index (χ2n) is 3.77. The van der Waals surface area contributed by atoms with Crippen molar-refractivity contribution in [1.29, 1.82) is 0 Å². The van der Waals surface area contributed by atoms with Gasteiger partial charge >= 0.3 is 0 Å². The highest BCUT2D eigenvalue weighted by Gasteiger charge is 2.28. The van der Waals surface area contributed by atoms with E-state index in [1.807, 2.05) is 0 Å². The number of rotatable bonds is 3. The molecular formula is C10H11F4NO. The predicted molar refractivity (Wildman–Crippen MR) is 48.7 cm³/mol. The lowest BCUT2D eigenvalue weighted by Gasteiger charge is -2.19. The van der Waals surface area contributed by atoms with E-state index in [9.17, 15) is 17.6 Å². The average molecular weight is 237 g/mol. The Morgan fingerprint density at radius 3 is 2.06 bits per heavy atom. The third kappa shape index (κ3) is 2.16. The highest BCUT2D eigenvalue weighted by Crippen LogP contribution is 2.29. The zero-order valence-corrected chi connectivity index (χ0v) is 8.77. The van der Waals surface area contributed by atoms with Crippen LogP contribution in [0.1, 0.15) is 25.3 Å². The molecule has 0 spiro atoms. The van der Waals surface area contributed by atoms with E-state index in [2.05, 4.69) is 4.98 Å². The van der Waals surface area contributed by atoms with Crippen LogP contribution in [0.3, 0.4) is 0 Å². The van der Waals surface area contributed by atoms with E-state index in [0.29, 0.717) is 0 Å². The predicted octanol–water partition coefficient (Wildman–Crippen LogP) is 2.37. The molecule has 1 unspecified atom stereocenters. The molecule has 1 aromatic heterocycles. The van der Waals surface area contributed by atoms with Gasteiger partial charge in [-0.25, -0.2) is 4.39 Å². The Labute approximate surface area is 89.9 Å². The lowest BCUT2D eigenvalue weighted by molar-refractivity contribution is 0.226. The standard InChI is InChI=1S/C10H11F4NO/c1-4(2)5(3-16)6-7(11)8(12)10(14)15-9(6)13/h4-5,16H,3H2,1-2H3. The first-order valence-electron chi connectivity index (χ1n) is 4.70. The molecule has 2 nitrogen and oxygen atoms in total. The van der Waals surface area contributed by atoms with Crippen molar-refractivity contribution in [3.63, 3.8) is 0 Å². The van der Waals surface area contributed by atoms with Crippen LogP contribution in [0.4, 0.5) is 17.6 Å². The Kier molecular flexibility index (Phi) is 3.85. The van der Waals surface area contributed by atoms with Gasteiger partial charge in [-0.1, -0.05) is 13.8 Å². The maximum Gasteiger partial charge on any atom is 0.254 e. The van der Waals surface area contributed by atoms with Crippen LogP contribution in [0, 0.1) is 29.4 Å². The summed E-state index contributed by atoms with van der Waals surface area (Å²) in [5.41, 5.74) is -0.712. The number of aliphatic hydroxyl groups excluding tert-OH is 1. The number of pyridine rings is 1. The smallest absolute Gasteiger partial charge is 0.254 e. The van der Waals surface area contributed by atoms with Crippen LogP contribution >= 0.6 is 0 Å². The molecule has 1 N–H and O–H groups in total. The Balaban J connectivity index is 3.38. The van der Waals surface area contributed by atoms with E-state index in [4.69, 9.17) is 5.11 Å². The molecule has 0 amide bonds. The Morgan fingerprint density at radius 1 is 1.06 bits per heavy atom. The molecule has 0 aliphatic carbocycles. The SMILES string of the molecule is CC(C)C(CO)c1c(F)nc(F)c(F)c1F. The monoisotopic (exact) mass is 237 g/mol. The summed E-state index contributed by atoms with van der Waals surface area (Å²) in [6, 6.07) is 0. The first-order chi connectivity index (χ1) is 7.40. The zero-order valence-electron chi connectivity index (χ0n) is 8.77. The van der Waals surface area contributed by atoms with E-state index in [-0.39, 0.29) is 5.92 Å². The van der Waals surface area contributed by atoms with Crippen molar-refractivity contribution < 1.29 is 22.7 Å². The molecule has 1 aromatic rings. The maximum absolute atomic E-state index is 13.3. The quantitative estimate of drug-likeness (QED) is 0.646. The Hall–Kier alpha value is -1.17. The molecule has 0 aliphatic heterocycles. The molecular weight excluding hydrogens is 226 g/mol. The van der Waals surface area contributed by atoms with Crippen LogP contribution in [-0.2, 0) is 0 Å². The van der Waals surface area contributed by atoms with Gasteiger partial charge < -0.3 is 5.11 Å². The highest BCUT2D eigenvalue weighted by molar-refractivity contribution is 5.21. The van der Waals surface area contributed by atoms with Crippen LogP contribution in [0.25, 0.3) is 0 Å². The minimum Gasteiger partial charge on any atom is -0.396 e. The summed E-state index contributed by atoms with van der Waals surface area (Å²) in [7, 11) is 0. The van der Waals surface area contributed by atoms with Gasteiger partial charge in [0.2, 0.25) is 11.8 Å². The van der Waals surface area contributed by atoms with Gasteiger partial charge in [-0.2, -0.15) is 18.2 Å². The molecule has 6 heteroatoms. The molecule has 1 rings (SSSR count). The summed E-state index contributed by atoms with van der Waals surface area (Å²) in [6.45, 7) is 2.63. The van der Waals surface area contributed by atoms with Gasteiger partial charge in [-0.15, -0.1) is 0 Å². The summed E-state index contributed by atoms with van der Waals surface area (Å²) < 4.78 is 52.0. The van der Waals surface area contributed by atoms with Crippen LogP contribution in [0.15, 0.2) is 0 Å². The van der Waals surface area contributed by atoms with Gasteiger partial charge in [0.1, 0.15) is 0 Å². The summed E-state index contributed by atoms with van der Waals surface area (Å²) in [4.78, 5) is 2.63. The third-order valence-electron chi connectivity index (χ3n) is 2.40. The fraction of sp³-hybridized carbons (Fsp3) is 0.500. The van der Waals surface area contributed by atoms with Crippen LogP contribution in [-0.4, -0.2) is 16.7 Å². The molecule has 90 valence electrons. The van der Waals surface area contributed by atoms with Gasteiger partial charge in [-0.05, 0) is 5.92 Å². The van der Waals surface area contributed by atoms with Crippen molar-refractivity contribution in [2.75, 3.05) is 6.61 Å². The van der Waals surface area contributed by atoms with Gasteiger partial charge in [0.25, 0.3) is 5.95 Å². The topological polar surface area (TPSA) is 33.1 Å². The van der Waals surface area contributed by atoms with Crippen LogP contribution < -0.4 is 0 Å². The van der Waals surface area contributed by atoms with Crippen molar-refractivity contribution in [2.24, 2.45) is 5.92 Å². The summed E-state index contributed by atoms with van der Waals surface area (Å²) in [6.07, 6.45) is 0. The fourth-order valence-corrected chi connectivity index (χ4v) is 1.45. The van der Waals surface area contributed by atoms with E-state index in [0.717, 1.165) is 0 Å². The largest absolute Gasteiger partial charge is 0.396 e. The zero-order chi connectivity index (χ0) is 12.5. The average Bonchev–Trinajstić information content (AvgIpc) is 2.20. The lowest BCUT2D eigenvalue weighted by atomic mass is 9.89. The molecule has 0 saturated heterocycles. The molecule has 0 bridgehead atoms. The fourth-order valence-electron chi connectivity index (χ4n) is 1.45. The minimum absolute atomic E-state index is 0.333. The summed E-state index contributed by atoms with van der Waals surface area (Å²) in [5.74, 6) is -7.99. The van der Waals surface area contributed by atoms with Crippen LogP contribution in [0.2, 0.25) is 0 Å². The lowest BCUT2D eigenvalue weighted by Crippen LogP contribution is -2.18. The Bertz CT molecular complexity index is 395. The molecule has 1 heterocycles. The van der Waals surface area contributed by atoms with E-state index in [1.165, 1.54) is 0 Å². The number of hydrogen-bond acceptors (Lipinski definition) is 2. The molecule has 0 aromatic carbocycles. The van der Waals surface area contributed by atoms with Gasteiger partial charge in [0, 0.05) is 5.92 Å². The van der Waals surface area contributed by atoms with E-state index >= 15 is 0 Å². The number of aromatic nitrogens is 1. The van der Waals surface area contributed by atoms with Gasteiger partial charge in [-0.3, -0.25) is 0 Å². The second-order valence-corrected chi connectivity index (χ2v) is 3.77. The third-order valence-corrected chi connectivity index (χ3v) is 2.40. The normalized spacial score (nSPS) is 13.2. The van der Waals surface area contributed by atoms with Crippen LogP contribution in [0.5, 0.6) is 0 Å². The summed E-state index contributed by atoms with van der Waals surface area (Å²) in [5, 5.41) is 8.98. The number of aliphatic hydroxyl groups is 1. The highest BCUT2D eigenvalue weighted by atomic mass is 19.2.